The van der Waals surface area contributed by atoms with Crippen molar-refractivity contribution in [3.63, 3.8) is 0 Å². The van der Waals surface area contributed by atoms with E-state index in [0.717, 1.165) is 6.42 Å². The third-order valence-corrected chi connectivity index (χ3v) is 1.98. The fourth-order valence-corrected chi connectivity index (χ4v) is 1.16. The Labute approximate surface area is 96.2 Å². The number of hydrogen-bond donors (Lipinski definition) is 2. The lowest BCUT2D eigenvalue weighted by Gasteiger charge is -2.06. The van der Waals surface area contributed by atoms with Crippen molar-refractivity contribution in [2.45, 2.75) is 45.6 Å². The Balaban J connectivity index is 3.41. The molecule has 16 heavy (non-hydrogen) atoms. The molecule has 5 nitrogen and oxygen atoms in total. The van der Waals surface area contributed by atoms with E-state index in [9.17, 15) is 9.59 Å². The number of nitrogens with one attached hydrogen (secondary N) is 1. The smallest absolute Gasteiger partial charge is 0.306 e. The summed E-state index contributed by atoms with van der Waals surface area (Å²) >= 11 is 0. The standard InChI is InChI=1S/C11H21NO4/c1-3-16-11(15)7-6-10(14)12-8-4-5-9(2)13/h9,13H,3-8H2,1-2H3,(H,12,14). The van der Waals surface area contributed by atoms with Crippen molar-refractivity contribution in [2.75, 3.05) is 13.2 Å². The lowest BCUT2D eigenvalue weighted by Crippen LogP contribution is -2.25. The van der Waals surface area contributed by atoms with Crippen LogP contribution in [0.15, 0.2) is 0 Å². The second-order valence-corrected chi connectivity index (χ2v) is 3.65. The van der Waals surface area contributed by atoms with Gasteiger partial charge in [-0.3, -0.25) is 9.59 Å². The van der Waals surface area contributed by atoms with Crippen molar-refractivity contribution in [2.24, 2.45) is 0 Å². The van der Waals surface area contributed by atoms with Crippen LogP contribution in [0.5, 0.6) is 0 Å². The zero-order valence-electron chi connectivity index (χ0n) is 9.99. The van der Waals surface area contributed by atoms with E-state index in [0.29, 0.717) is 19.6 Å². The van der Waals surface area contributed by atoms with Crippen LogP contribution in [-0.2, 0) is 14.3 Å². The number of amides is 1. The van der Waals surface area contributed by atoms with Gasteiger partial charge in [0.15, 0.2) is 0 Å². The Morgan fingerprint density at radius 3 is 2.62 bits per heavy atom. The maximum Gasteiger partial charge on any atom is 0.306 e. The van der Waals surface area contributed by atoms with Gasteiger partial charge >= 0.3 is 5.97 Å². The molecular formula is C11H21NO4. The summed E-state index contributed by atoms with van der Waals surface area (Å²) < 4.78 is 4.70. The number of hydrogen-bond acceptors (Lipinski definition) is 4. The summed E-state index contributed by atoms with van der Waals surface area (Å²) in [4.78, 5) is 22.1. The van der Waals surface area contributed by atoms with E-state index < -0.39 is 0 Å². The van der Waals surface area contributed by atoms with Crippen LogP contribution in [0.3, 0.4) is 0 Å². The predicted octanol–water partition coefficient (Wildman–Crippen LogP) is 0.607. The first-order valence-electron chi connectivity index (χ1n) is 5.66. The van der Waals surface area contributed by atoms with Gasteiger partial charge in [-0.2, -0.15) is 0 Å². The molecular weight excluding hydrogens is 210 g/mol. The minimum Gasteiger partial charge on any atom is -0.466 e. The van der Waals surface area contributed by atoms with Crippen molar-refractivity contribution in [1.29, 1.82) is 0 Å². The first-order chi connectivity index (χ1) is 7.56. The fraction of sp³-hybridized carbons (Fsp3) is 0.818. The summed E-state index contributed by atoms with van der Waals surface area (Å²) in [6.45, 7) is 4.32. The van der Waals surface area contributed by atoms with Gasteiger partial charge in [0, 0.05) is 13.0 Å². The molecule has 0 rings (SSSR count). The van der Waals surface area contributed by atoms with E-state index in [4.69, 9.17) is 9.84 Å². The summed E-state index contributed by atoms with van der Waals surface area (Å²) in [5, 5.41) is 11.7. The van der Waals surface area contributed by atoms with Gasteiger partial charge in [0.05, 0.1) is 19.1 Å². The molecule has 0 aromatic rings. The summed E-state index contributed by atoms with van der Waals surface area (Å²) in [5.41, 5.74) is 0. The molecule has 5 heteroatoms. The van der Waals surface area contributed by atoms with Gasteiger partial charge in [-0.1, -0.05) is 0 Å². The van der Waals surface area contributed by atoms with E-state index in [1.165, 1.54) is 0 Å². The Morgan fingerprint density at radius 1 is 1.38 bits per heavy atom. The van der Waals surface area contributed by atoms with Crippen LogP contribution < -0.4 is 5.32 Å². The number of carbonyl (C=O) groups excluding carboxylic acids is 2. The molecule has 0 fully saturated rings. The first kappa shape index (κ1) is 14.9. The van der Waals surface area contributed by atoms with Crippen LogP contribution in [0.1, 0.15) is 39.5 Å². The molecule has 2 N–H and O–H groups in total. The van der Waals surface area contributed by atoms with E-state index >= 15 is 0 Å². The van der Waals surface area contributed by atoms with Crippen molar-refractivity contribution in [1.82, 2.24) is 5.32 Å². The maximum absolute atomic E-state index is 11.2. The van der Waals surface area contributed by atoms with E-state index in [1.54, 1.807) is 13.8 Å². The van der Waals surface area contributed by atoms with Gasteiger partial charge in [0.2, 0.25) is 5.91 Å². The summed E-state index contributed by atoms with van der Waals surface area (Å²) in [7, 11) is 0. The predicted molar refractivity (Wildman–Crippen MR) is 59.8 cm³/mol. The van der Waals surface area contributed by atoms with Gasteiger partial charge in [-0.25, -0.2) is 0 Å². The SMILES string of the molecule is CCOC(=O)CCC(=O)NCCCC(C)O. The van der Waals surface area contributed by atoms with Crippen LogP contribution in [0.25, 0.3) is 0 Å². The van der Waals surface area contributed by atoms with Gasteiger partial charge in [-0.05, 0) is 26.7 Å². The number of aliphatic hydroxyl groups is 1. The zero-order valence-corrected chi connectivity index (χ0v) is 9.99. The summed E-state index contributed by atoms with van der Waals surface area (Å²) in [6.07, 6.45) is 1.35. The van der Waals surface area contributed by atoms with Crippen molar-refractivity contribution in [3.8, 4) is 0 Å². The van der Waals surface area contributed by atoms with Crippen LogP contribution in [0.2, 0.25) is 0 Å². The van der Waals surface area contributed by atoms with E-state index in [-0.39, 0.29) is 30.8 Å². The van der Waals surface area contributed by atoms with Gasteiger partial charge in [-0.15, -0.1) is 0 Å². The molecule has 0 spiro atoms. The van der Waals surface area contributed by atoms with Crippen molar-refractivity contribution >= 4 is 11.9 Å². The molecule has 0 aliphatic carbocycles. The Hall–Kier alpha value is -1.10. The molecule has 1 amide bonds. The van der Waals surface area contributed by atoms with Crippen LogP contribution in [0.4, 0.5) is 0 Å². The lowest BCUT2D eigenvalue weighted by atomic mass is 10.2. The normalized spacial score (nSPS) is 11.9. The molecule has 0 aromatic carbocycles. The Kier molecular flexibility index (Phi) is 8.52. The third-order valence-electron chi connectivity index (χ3n) is 1.98. The van der Waals surface area contributed by atoms with Crippen LogP contribution in [0, 0.1) is 0 Å². The minimum atomic E-state index is -0.346. The first-order valence-corrected chi connectivity index (χ1v) is 5.66. The highest BCUT2D eigenvalue weighted by atomic mass is 16.5. The highest BCUT2D eigenvalue weighted by Crippen LogP contribution is 1.95. The van der Waals surface area contributed by atoms with Gasteiger partial charge < -0.3 is 15.2 Å². The molecule has 0 aliphatic heterocycles. The van der Waals surface area contributed by atoms with Crippen LogP contribution >= 0.6 is 0 Å². The van der Waals surface area contributed by atoms with Crippen molar-refractivity contribution < 1.29 is 19.4 Å². The lowest BCUT2D eigenvalue weighted by molar-refractivity contribution is -0.144. The highest BCUT2D eigenvalue weighted by molar-refractivity contribution is 5.81. The van der Waals surface area contributed by atoms with Gasteiger partial charge in [0.1, 0.15) is 0 Å². The molecule has 0 aliphatic rings. The number of esters is 1. The molecule has 1 unspecified atom stereocenters. The van der Waals surface area contributed by atoms with E-state index in [1.807, 2.05) is 0 Å². The van der Waals surface area contributed by atoms with Gasteiger partial charge in [0.25, 0.3) is 0 Å². The second kappa shape index (κ2) is 9.15. The molecule has 1 atom stereocenters. The highest BCUT2D eigenvalue weighted by Gasteiger charge is 2.06. The Bertz CT molecular complexity index is 216. The Morgan fingerprint density at radius 2 is 2.06 bits per heavy atom. The molecule has 0 aromatic heterocycles. The number of ether oxygens (including phenoxy) is 1. The van der Waals surface area contributed by atoms with Crippen molar-refractivity contribution in [3.05, 3.63) is 0 Å². The number of carbonyl (C=O) groups is 2. The molecule has 0 bridgehead atoms. The second-order valence-electron chi connectivity index (χ2n) is 3.65. The van der Waals surface area contributed by atoms with Crippen LogP contribution in [-0.4, -0.2) is 36.2 Å². The largest absolute Gasteiger partial charge is 0.466 e. The molecule has 0 heterocycles. The number of rotatable bonds is 8. The quantitative estimate of drug-likeness (QED) is 0.474. The third kappa shape index (κ3) is 9.45. The zero-order chi connectivity index (χ0) is 12.4. The molecule has 94 valence electrons. The topological polar surface area (TPSA) is 75.6 Å². The summed E-state index contributed by atoms with van der Waals surface area (Å²) in [6, 6.07) is 0. The average Bonchev–Trinajstić information content (AvgIpc) is 2.22. The number of aliphatic hydroxyl groups excluding tert-OH is 1. The molecule has 0 saturated carbocycles. The molecule has 0 radical (unpaired) electrons. The molecule has 0 saturated heterocycles. The fourth-order valence-electron chi connectivity index (χ4n) is 1.16. The summed E-state index contributed by atoms with van der Waals surface area (Å²) in [5.74, 6) is -0.500. The average molecular weight is 231 g/mol. The monoisotopic (exact) mass is 231 g/mol. The maximum atomic E-state index is 11.2. The minimum absolute atomic E-state index is 0.121. The van der Waals surface area contributed by atoms with E-state index in [2.05, 4.69) is 5.32 Å².